The van der Waals surface area contributed by atoms with Gasteiger partial charge in [0.1, 0.15) is 12.4 Å². The maximum Gasteiger partial charge on any atom is 0.124 e. The van der Waals surface area contributed by atoms with E-state index in [9.17, 15) is 0 Å². The number of para-hydroxylation sites is 1. The third-order valence-electron chi connectivity index (χ3n) is 3.66. The van der Waals surface area contributed by atoms with Gasteiger partial charge in [0.05, 0.1) is 10.0 Å². The number of nitrogens with one attached hydrogen (secondary N) is 1. The van der Waals surface area contributed by atoms with Gasteiger partial charge in [-0.1, -0.05) is 59.1 Å². The summed E-state index contributed by atoms with van der Waals surface area (Å²) in [6, 6.07) is 21.1. The molecule has 25 heavy (non-hydrogen) atoms. The first-order valence-electron chi connectivity index (χ1n) is 7.76. The maximum absolute atomic E-state index is 6.14. The van der Waals surface area contributed by atoms with Crippen molar-refractivity contribution >= 4 is 40.5 Å². The predicted octanol–water partition coefficient (Wildman–Crippen LogP) is 6.84. The molecule has 128 valence electrons. The van der Waals surface area contributed by atoms with E-state index in [4.69, 9.17) is 39.5 Å². The van der Waals surface area contributed by atoms with Crippen LogP contribution in [0.1, 0.15) is 11.1 Å². The van der Waals surface area contributed by atoms with Gasteiger partial charge < -0.3 is 10.1 Å². The van der Waals surface area contributed by atoms with Crippen LogP contribution in [0.2, 0.25) is 15.1 Å². The van der Waals surface area contributed by atoms with Crippen molar-refractivity contribution in [2.75, 3.05) is 5.32 Å². The van der Waals surface area contributed by atoms with E-state index in [0.29, 0.717) is 28.2 Å². The van der Waals surface area contributed by atoms with E-state index in [-0.39, 0.29) is 0 Å². The molecule has 3 aromatic carbocycles. The van der Waals surface area contributed by atoms with Crippen molar-refractivity contribution in [3.8, 4) is 5.75 Å². The highest BCUT2D eigenvalue weighted by atomic mass is 35.5. The lowest BCUT2D eigenvalue weighted by Gasteiger charge is -2.14. The molecule has 0 saturated heterocycles. The first-order valence-corrected chi connectivity index (χ1v) is 8.89. The minimum Gasteiger partial charge on any atom is -0.489 e. The highest BCUT2D eigenvalue weighted by Gasteiger charge is 2.07. The quantitative estimate of drug-likeness (QED) is 0.496. The van der Waals surface area contributed by atoms with Gasteiger partial charge in [-0.3, -0.25) is 0 Å². The number of halogens is 3. The summed E-state index contributed by atoms with van der Waals surface area (Å²) in [5.74, 6) is 0.777. The van der Waals surface area contributed by atoms with Crippen LogP contribution in [-0.2, 0) is 13.2 Å². The summed E-state index contributed by atoms with van der Waals surface area (Å²) in [6.45, 7) is 1.01. The molecule has 0 aromatic heterocycles. The van der Waals surface area contributed by atoms with Crippen molar-refractivity contribution in [2.45, 2.75) is 13.2 Å². The largest absolute Gasteiger partial charge is 0.489 e. The third kappa shape index (κ3) is 5.05. The number of anilines is 1. The number of ether oxygens (including phenoxy) is 1. The van der Waals surface area contributed by atoms with E-state index >= 15 is 0 Å². The zero-order valence-electron chi connectivity index (χ0n) is 13.3. The van der Waals surface area contributed by atoms with Crippen LogP contribution in [0.5, 0.6) is 5.75 Å². The molecule has 0 amide bonds. The minimum atomic E-state index is 0.400. The fourth-order valence-electron chi connectivity index (χ4n) is 2.37. The van der Waals surface area contributed by atoms with Crippen molar-refractivity contribution in [3.63, 3.8) is 0 Å². The Morgan fingerprint density at radius 2 is 1.60 bits per heavy atom. The van der Waals surface area contributed by atoms with Crippen molar-refractivity contribution < 1.29 is 4.74 Å². The second-order valence-corrected chi connectivity index (χ2v) is 6.76. The summed E-state index contributed by atoms with van der Waals surface area (Å²) in [5, 5.41) is 5.09. The first-order chi connectivity index (χ1) is 12.1. The van der Waals surface area contributed by atoms with Gasteiger partial charge in [0.15, 0.2) is 0 Å². The van der Waals surface area contributed by atoms with E-state index in [2.05, 4.69) is 5.32 Å². The Balaban J connectivity index is 1.71. The molecule has 2 nitrogen and oxygen atoms in total. The van der Waals surface area contributed by atoms with E-state index in [1.165, 1.54) is 0 Å². The van der Waals surface area contributed by atoms with Crippen LogP contribution in [0.3, 0.4) is 0 Å². The fraction of sp³-hybridized carbons (Fsp3) is 0.100. The van der Waals surface area contributed by atoms with Gasteiger partial charge >= 0.3 is 0 Å². The fourth-order valence-corrected chi connectivity index (χ4v) is 2.89. The van der Waals surface area contributed by atoms with E-state index in [1.807, 2.05) is 60.7 Å². The molecule has 0 atom stereocenters. The summed E-state index contributed by atoms with van der Waals surface area (Å²) in [6.07, 6.45) is 0. The van der Waals surface area contributed by atoms with Crippen molar-refractivity contribution in [1.29, 1.82) is 0 Å². The molecule has 0 heterocycles. The van der Waals surface area contributed by atoms with Crippen LogP contribution in [0.4, 0.5) is 5.69 Å². The van der Waals surface area contributed by atoms with Crippen molar-refractivity contribution in [1.82, 2.24) is 0 Å². The van der Waals surface area contributed by atoms with Crippen LogP contribution in [0, 0.1) is 0 Å². The molecule has 0 aliphatic heterocycles. The number of hydrogen-bond donors (Lipinski definition) is 1. The minimum absolute atomic E-state index is 0.400. The van der Waals surface area contributed by atoms with Gasteiger partial charge in [-0.25, -0.2) is 0 Å². The van der Waals surface area contributed by atoms with Crippen LogP contribution in [0.15, 0.2) is 66.7 Å². The molecular formula is C20H16Cl3NO. The molecular weight excluding hydrogens is 377 g/mol. The van der Waals surface area contributed by atoms with Gasteiger partial charge in [0.2, 0.25) is 0 Å². The monoisotopic (exact) mass is 391 g/mol. The zero-order valence-corrected chi connectivity index (χ0v) is 15.6. The summed E-state index contributed by atoms with van der Waals surface area (Å²) in [5.41, 5.74) is 2.97. The zero-order chi connectivity index (χ0) is 17.6. The average Bonchev–Trinajstić information content (AvgIpc) is 2.63. The third-order valence-corrected chi connectivity index (χ3v) is 4.63. The van der Waals surface area contributed by atoms with Crippen molar-refractivity contribution in [2.24, 2.45) is 0 Å². The van der Waals surface area contributed by atoms with Crippen molar-refractivity contribution in [3.05, 3.63) is 92.9 Å². The van der Waals surface area contributed by atoms with E-state index < -0.39 is 0 Å². The Hall–Kier alpha value is -1.87. The molecule has 0 fully saturated rings. The lowest BCUT2D eigenvalue weighted by atomic mass is 10.2. The Morgan fingerprint density at radius 1 is 0.800 bits per heavy atom. The molecule has 0 aliphatic carbocycles. The molecule has 5 heteroatoms. The SMILES string of the molecule is Clc1ccc(OCc2ccc(Cl)c(Cl)c2)c(CNc2ccccc2)c1. The Morgan fingerprint density at radius 3 is 2.36 bits per heavy atom. The summed E-state index contributed by atoms with van der Waals surface area (Å²) >= 11 is 18.1. The van der Waals surface area contributed by atoms with E-state index in [1.54, 1.807) is 6.07 Å². The lowest BCUT2D eigenvalue weighted by Crippen LogP contribution is -2.04. The number of hydrogen-bond acceptors (Lipinski definition) is 2. The summed E-state index contributed by atoms with van der Waals surface area (Å²) in [4.78, 5) is 0. The molecule has 0 saturated carbocycles. The van der Waals surface area contributed by atoms with Crippen LogP contribution < -0.4 is 10.1 Å². The van der Waals surface area contributed by atoms with Gasteiger partial charge in [0, 0.05) is 22.8 Å². The summed E-state index contributed by atoms with van der Waals surface area (Å²) in [7, 11) is 0. The lowest BCUT2D eigenvalue weighted by molar-refractivity contribution is 0.303. The molecule has 0 spiro atoms. The molecule has 3 rings (SSSR count). The second-order valence-electron chi connectivity index (χ2n) is 5.51. The highest BCUT2D eigenvalue weighted by Crippen LogP contribution is 2.27. The standard InChI is InChI=1S/C20H16Cl3NO/c21-16-7-9-20(25-13-14-6-8-18(22)19(23)10-14)15(11-16)12-24-17-4-2-1-3-5-17/h1-11,24H,12-13H2. The Bertz CT molecular complexity index is 853. The molecule has 0 unspecified atom stereocenters. The van der Waals surface area contributed by atoms with Gasteiger partial charge in [-0.2, -0.15) is 0 Å². The Kier molecular flexibility index (Phi) is 6.09. The van der Waals surface area contributed by atoms with Gasteiger partial charge in [-0.05, 0) is 48.0 Å². The number of rotatable bonds is 6. The van der Waals surface area contributed by atoms with Gasteiger partial charge in [0.25, 0.3) is 0 Å². The molecule has 3 aromatic rings. The maximum atomic E-state index is 6.14. The van der Waals surface area contributed by atoms with Crippen LogP contribution in [-0.4, -0.2) is 0 Å². The Labute approximate surface area is 162 Å². The van der Waals surface area contributed by atoms with Crippen LogP contribution >= 0.6 is 34.8 Å². The normalized spacial score (nSPS) is 10.5. The molecule has 0 aliphatic rings. The summed E-state index contributed by atoms with van der Waals surface area (Å²) < 4.78 is 5.96. The molecule has 0 radical (unpaired) electrons. The highest BCUT2D eigenvalue weighted by molar-refractivity contribution is 6.42. The van der Waals surface area contributed by atoms with Gasteiger partial charge in [-0.15, -0.1) is 0 Å². The topological polar surface area (TPSA) is 21.3 Å². The second kappa shape index (κ2) is 8.48. The average molecular weight is 393 g/mol. The van der Waals surface area contributed by atoms with E-state index in [0.717, 1.165) is 22.6 Å². The predicted molar refractivity (Wildman–Crippen MR) is 106 cm³/mol. The van der Waals surface area contributed by atoms with Crippen LogP contribution in [0.25, 0.3) is 0 Å². The molecule has 1 N–H and O–H groups in total. The smallest absolute Gasteiger partial charge is 0.124 e. The molecule has 0 bridgehead atoms. The first kappa shape index (κ1) is 17.9. The number of benzene rings is 3.